The van der Waals surface area contributed by atoms with E-state index in [0.717, 1.165) is 23.9 Å². The van der Waals surface area contributed by atoms with Crippen LogP contribution in [0.25, 0.3) is 11.9 Å². The first-order chi connectivity index (χ1) is 19.1. The van der Waals surface area contributed by atoms with Crippen LogP contribution in [0.15, 0.2) is 71.9 Å². The lowest BCUT2D eigenvalue weighted by atomic mass is 9.78. The molecular formula is C29H20F5N3O2S. The number of hydrogen-bond donors (Lipinski definition) is 0. The van der Waals surface area contributed by atoms with E-state index >= 15 is 4.39 Å². The minimum atomic E-state index is -4.72. The third kappa shape index (κ3) is 5.42. The Hall–Kier alpha value is -3.88. The second kappa shape index (κ2) is 10.9. The van der Waals surface area contributed by atoms with Crippen LogP contribution in [0.3, 0.4) is 0 Å². The maximum atomic E-state index is 15.4. The highest BCUT2D eigenvalue weighted by atomic mass is 32.2. The van der Waals surface area contributed by atoms with Crippen LogP contribution in [0.4, 0.5) is 22.0 Å². The number of aliphatic imine (C=N–C) groups is 1. The Morgan fingerprint density at radius 1 is 1.18 bits per heavy atom. The van der Waals surface area contributed by atoms with Crippen molar-refractivity contribution in [1.82, 2.24) is 4.98 Å². The summed E-state index contributed by atoms with van der Waals surface area (Å²) in [5.74, 6) is -3.26. The molecule has 0 unspecified atom stereocenters. The number of nitrogens with zero attached hydrogens (tertiary/aromatic N) is 3. The van der Waals surface area contributed by atoms with Gasteiger partial charge in [0.15, 0.2) is 11.9 Å². The molecule has 1 fully saturated rings. The van der Waals surface area contributed by atoms with Crippen molar-refractivity contribution in [3.8, 4) is 6.07 Å². The molecule has 40 heavy (non-hydrogen) atoms. The summed E-state index contributed by atoms with van der Waals surface area (Å²) in [6, 6.07) is 16.5. The number of halogens is 5. The SMILES string of the molecule is N#Cc1ccc(/C(F)=C/c2ccc(F)c([C@]34CO[C@H](C(F)(F)F)[C@H]3CSC(CC(=O)c3ccccc3)=N4)c2)nc1. The average Bonchev–Trinajstić information content (AvgIpc) is 3.35. The van der Waals surface area contributed by atoms with Crippen LogP contribution in [0.1, 0.15) is 39.2 Å². The first kappa shape index (κ1) is 27.7. The summed E-state index contributed by atoms with van der Waals surface area (Å²) in [4.78, 5) is 21.3. The molecule has 2 aliphatic rings. The van der Waals surface area contributed by atoms with Gasteiger partial charge in [0.05, 0.1) is 29.3 Å². The van der Waals surface area contributed by atoms with E-state index < -0.39 is 42.0 Å². The van der Waals surface area contributed by atoms with Crippen LogP contribution in [-0.4, -0.2) is 40.5 Å². The number of Topliss-reactive ketones (excluding diaryl/α,β-unsaturated/α-hetero) is 1. The first-order valence-corrected chi connectivity index (χ1v) is 13.1. The number of thioether (sulfide) groups is 1. The number of hydrogen-bond acceptors (Lipinski definition) is 6. The van der Waals surface area contributed by atoms with E-state index in [0.29, 0.717) is 5.56 Å². The number of ether oxygens (including phenoxy) is 1. The van der Waals surface area contributed by atoms with Gasteiger partial charge in [0.1, 0.15) is 23.3 Å². The fourth-order valence-corrected chi connectivity index (χ4v) is 6.16. The van der Waals surface area contributed by atoms with Gasteiger partial charge in [0, 0.05) is 29.0 Å². The lowest BCUT2D eigenvalue weighted by Crippen LogP contribution is -2.45. The molecular weight excluding hydrogens is 549 g/mol. The number of alkyl halides is 3. The maximum Gasteiger partial charge on any atom is 0.415 e. The second-order valence-corrected chi connectivity index (χ2v) is 10.5. The van der Waals surface area contributed by atoms with E-state index in [1.165, 1.54) is 30.5 Å². The summed E-state index contributed by atoms with van der Waals surface area (Å²) < 4.78 is 77.3. The van der Waals surface area contributed by atoms with Crippen LogP contribution in [-0.2, 0) is 10.3 Å². The molecule has 11 heteroatoms. The van der Waals surface area contributed by atoms with E-state index in [-0.39, 0.29) is 45.4 Å². The molecule has 3 heterocycles. The standard InChI is InChI=1S/C29H20F5N3O2S/c30-22-8-6-17(11-23(31)24-9-7-18(13-35)14-36-24)10-20(22)28-16-39-27(29(32,33)34)21(28)15-40-26(37-28)12-25(38)19-4-2-1-3-5-19/h1-11,14,21,27H,12,15-16H2/b23-11-/t21-,27+,28-/m1/s1. The fourth-order valence-electron chi connectivity index (χ4n) is 4.87. The minimum Gasteiger partial charge on any atom is -0.365 e. The largest absolute Gasteiger partial charge is 0.415 e. The zero-order valence-corrected chi connectivity index (χ0v) is 21.5. The number of nitriles is 1. The molecule has 1 saturated heterocycles. The van der Waals surface area contributed by atoms with Crippen LogP contribution < -0.4 is 0 Å². The van der Waals surface area contributed by atoms with Crippen LogP contribution in [0.5, 0.6) is 0 Å². The first-order valence-electron chi connectivity index (χ1n) is 12.1. The maximum absolute atomic E-state index is 15.4. The predicted molar refractivity (Wildman–Crippen MR) is 141 cm³/mol. The highest BCUT2D eigenvalue weighted by molar-refractivity contribution is 8.14. The monoisotopic (exact) mass is 569 g/mol. The predicted octanol–water partition coefficient (Wildman–Crippen LogP) is 6.75. The second-order valence-electron chi connectivity index (χ2n) is 9.36. The van der Waals surface area contributed by atoms with E-state index in [2.05, 4.69) is 9.98 Å². The van der Waals surface area contributed by atoms with Crippen LogP contribution in [0.2, 0.25) is 0 Å². The molecule has 204 valence electrons. The number of carbonyl (C=O) groups excluding carboxylic acids is 1. The number of fused-ring (bicyclic) bond motifs is 1. The molecule has 2 aromatic carbocycles. The molecule has 0 aliphatic carbocycles. The molecule has 0 spiro atoms. The third-order valence-electron chi connectivity index (χ3n) is 6.83. The van der Waals surface area contributed by atoms with Gasteiger partial charge in [0.2, 0.25) is 0 Å². The number of ketones is 1. The number of rotatable bonds is 6. The molecule has 0 N–H and O–H groups in total. The summed E-state index contributed by atoms with van der Waals surface area (Å²) in [5.41, 5.74) is -1.20. The molecule has 3 aromatic rings. The van der Waals surface area contributed by atoms with Gasteiger partial charge in [-0.2, -0.15) is 18.4 Å². The van der Waals surface area contributed by atoms with Crippen LogP contribution >= 0.6 is 11.8 Å². The minimum absolute atomic E-state index is 0.0731. The van der Waals surface area contributed by atoms with Crippen molar-refractivity contribution in [2.75, 3.05) is 12.4 Å². The van der Waals surface area contributed by atoms with Crippen molar-refractivity contribution >= 4 is 34.5 Å². The molecule has 2 aliphatic heterocycles. The number of benzene rings is 2. The average molecular weight is 570 g/mol. The quantitative estimate of drug-likeness (QED) is 0.243. The molecule has 0 amide bonds. The lowest BCUT2D eigenvalue weighted by molar-refractivity contribution is -0.215. The van der Waals surface area contributed by atoms with E-state index in [1.807, 2.05) is 6.07 Å². The fraction of sp³-hybridized carbons (Fsp3) is 0.241. The summed E-state index contributed by atoms with van der Waals surface area (Å²) in [5, 5.41) is 9.17. The molecule has 5 nitrogen and oxygen atoms in total. The van der Waals surface area contributed by atoms with Gasteiger partial charge in [-0.3, -0.25) is 14.8 Å². The van der Waals surface area contributed by atoms with Gasteiger partial charge in [0.25, 0.3) is 0 Å². The third-order valence-corrected chi connectivity index (χ3v) is 7.93. The zero-order valence-electron chi connectivity index (χ0n) is 20.7. The molecule has 3 atom stereocenters. The van der Waals surface area contributed by atoms with Crippen molar-refractivity contribution in [3.63, 3.8) is 0 Å². The summed E-state index contributed by atoms with van der Waals surface area (Å²) in [7, 11) is 0. The topological polar surface area (TPSA) is 75.3 Å². The molecule has 0 saturated carbocycles. The molecule has 1 aromatic heterocycles. The van der Waals surface area contributed by atoms with Crippen molar-refractivity contribution < 1.29 is 31.5 Å². The highest BCUT2D eigenvalue weighted by Crippen LogP contribution is 2.52. The summed E-state index contributed by atoms with van der Waals surface area (Å²) in [6.07, 6.45) is -4.81. The van der Waals surface area contributed by atoms with E-state index in [1.54, 1.807) is 30.3 Å². The Bertz CT molecular complexity index is 1530. The number of carbonyl (C=O) groups is 1. The van der Waals surface area contributed by atoms with Gasteiger partial charge < -0.3 is 4.74 Å². The number of pyridine rings is 1. The zero-order chi connectivity index (χ0) is 28.5. The van der Waals surface area contributed by atoms with Crippen molar-refractivity contribution in [3.05, 3.63) is 101 Å². The van der Waals surface area contributed by atoms with Crippen molar-refractivity contribution in [2.24, 2.45) is 10.9 Å². The van der Waals surface area contributed by atoms with E-state index in [4.69, 9.17) is 10.00 Å². The van der Waals surface area contributed by atoms with Gasteiger partial charge in [-0.05, 0) is 35.9 Å². The molecule has 0 bridgehead atoms. The summed E-state index contributed by atoms with van der Waals surface area (Å²) in [6.45, 7) is -0.560. The normalized spacial score (nSPS) is 22.8. The lowest BCUT2D eigenvalue weighted by Gasteiger charge is -2.37. The van der Waals surface area contributed by atoms with Gasteiger partial charge in [-0.25, -0.2) is 8.78 Å². The molecule has 0 radical (unpaired) electrons. The Morgan fingerprint density at radius 3 is 2.62 bits per heavy atom. The highest BCUT2D eigenvalue weighted by Gasteiger charge is 2.62. The Labute approximate surface area is 230 Å². The van der Waals surface area contributed by atoms with Gasteiger partial charge in [-0.15, -0.1) is 11.8 Å². The van der Waals surface area contributed by atoms with Crippen LogP contribution in [0, 0.1) is 23.1 Å². The summed E-state index contributed by atoms with van der Waals surface area (Å²) >= 11 is 1.02. The van der Waals surface area contributed by atoms with Gasteiger partial charge >= 0.3 is 6.18 Å². The Balaban J connectivity index is 1.55. The molecule has 5 rings (SSSR count). The smallest absolute Gasteiger partial charge is 0.365 e. The van der Waals surface area contributed by atoms with E-state index in [9.17, 15) is 22.4 Å². The Morgan fingerprint density at radius 2 is 1.95 bits per heavy atom. The number of aromatic nitrogens is 1. The van der Waals surface area contributed by atoms with Crippen molar-refractivity contribution in [1.29, 1.82) is 5.26 Å². The van der Waals surface area contributed by atoms with Crippen molar-refractivity contribution in [2.45, 2.75) is 24.2 Å². The Kier molecular flexibility index (Phi) is 7.57. The van der Waals surface area contributed by atoms with Gasteiger partial charge in [-0.1, -0.05) is 36.4 Å².